The summed E-state index contributed by atoms with van der Waals surface area (Å²) in [5.41, 5.74) is -2.06. The lowest BCUT2D eigenvalue weighted by Crippen LogP contribution is -2.48. The van der Waals surface area contributed by atoms with Gasteiger partial charge in [-0.3, -0.25) is 4.98 Å². The molecule has 1 aliphatic carbocycles. The van der Waals surface area contributed by atoms with Crippen LogP contribution in [0.1, 0.15) is 35.3 Å². The normalized spacial score (nSPS) is 18.5. The molecule has 6 heteroatoms. The fourth-order valence-corrected chi connectivity index (χ4v) is 2.02. The summed E-state index contributed by atoms with van der Waals surface area (Å²) >= 11 is 0. The van der Waals surface area contributed by atoms with E-state index in [0.717, 1.165) is 18.3 Å². The number of carbonyl (C=O) groups is 1. The van der Waals surface area contributed by atoms with Crippen LogP contribution in [0.5, 0.6) is 0 Å². The Balaban J connectivity index is 2.36. The smallest absolute Gasteiger partial charge is 0.399 e. The molecule has 0 aliphatic heterocycles. The highest BCUT2D eigenvalue weighted by atomic mass is 19.4. The number of halogens is 3. The Hall–Kier alpha value is -1.59. The molecule has 1 aromatic rings. The largest absolute Gasteiger partial charge is 0.478 e. The van der Waals surface area contributed by atoms with Crippen molar-refractivity contribution in [1.29, 1.82) is 0 Å². The van der Waals surface area contributed by atoms with Crippen LogP contribution in [-0.4, -0.2) is 22.2 Å². The quantitative estimate of drug-likeness (QED) is 0.871. The molecule has 3 nitrogen and oxygen atoms in total. The summed E-state index contributed by atoms with van der Waals surface area (Å²) < 4.78 is 38.8. The third kappa shape index (κ3) is 1.77. The van der Waals surface area contributed by atoms with Crippen molar-refractivity contribution < 1.29 is 23.1 Å². The zero-order valence-electron chi connectivity index (χ0n) is 8.79. The molecular formula is C11H10F3NO2. The topological polar surface area (TPSA) is 50.2 Å². The van der Waals surface area contributed by atoms with Crippen LogP contribution in [0.25, 0.3) is 0 Å². The van der Waals surface area contributed by atoms with Crippen LogP contribution >= 0.6 is 0 Å². The number of nitrogens with zero attached hydrogens (tertiary/aromatic N) is 1. The average molecular weight is 245 g/mol. The molecule has 1 heterocycles. The molecule has 1 fully saturated rings. The first-order valence-corrected chi connectivity index (χ1v) is 5.13. The molecule has 0 bridgehead atoms. The molecule has 92 valence electrons. The summed E-state index contributed by atoms with van der Waals surface area (Å²) in [6, 6.07) is 2.33. The molecule has 0 atom stereocenters. The van der Waals surface area contributed by atoms with Gasteiger partial charge in [-0.15, -0.1) is 0 Å². The van der Waals surface area contributed by atoms with Crippen LogP contribution < -0.4 is 0 Å². The Bertz CT molecular complexity index is 435. The van der Waals surface area contributed by atoms with Gasteiger partial charge in [-0.05, 0) is 25.0 Å². The second kappa shape index (κ2) is 3.72. The van der Waals surface area contributed by atoms with Crippen LogP contribution in [0.15, 0.2) is 18.3 Å². The predicted molar refractivity (Wildman–Crippen MR) is 52.8 cm³/mol. The maximum absolute atomic E-state index is 12.9. The van der Waals surface area contributed by atoms with Crippen molar-refractivity contribution in [1.82, 2.24) is 4.98 Å². The number of aromatic nitrogens is 1. The van der Waals surface area contributed by atoms with Crippen molar-refractivity contribution in [3.05, 3.63) is 29.6 Å². The summed E-state index contributed by atoms with van der Waals surface area (Å²) in [4.78, 5) is 14.2. The number of carboxylic acid groups (broad SMARTS) is 1. The molecule has 1 aromatic heterocycles. The number of carboxylic acids is 1. The van der Waals surface area contributed by atoms with Gasteiger partial charge in [0.15, 0.2) is 0 Å². The van der Waals surface area contributed by atoms with Crippen molar-refractivity contribution >= 4 is 5.97 Å². The average Bonchev–Trinajstić information content (AvgIpc) is 2.14. The highest BCUT2D eigenvalue weighted by molar-refractivity contribution is 5.87. The SMILES string of the molecule is O=C(O)c1ccc(C2(C(F)(F)F)CCC2)nc1. The molecule has 0 saturated heterocycles. The van der Waals surface area contributed by atoms with Gasteiger partial charge in [0.1, 0.15) is 5.41 Å². The van der Waals surface area contributed by atoms with Gasteiger partial charge >= 0.3 is 12.1 Å². The summed E-state index contributed by atoms with van der Waals surface area (Å²) in [5, 5.41) is 8.65. The fourth-order valence-electron chi connectivity index (χ4n) is 2.02. The van der Waals surface area contributed by atoms with Crippen molar-refractivity contribution in [2.24, 2.45) is 0 Å². The number of alkyl halides is 3. The number of hydrogen-bond acceptors (Lipinski definition) is 2. The Morgan fingerprint density at radius 3 is 2.29 bits per heavy atom. The monoisotopic (exact) mass is 245 g/mol. The van der Waals surface area contributed by atoms with E-state index in [0.29, 0.717) is 6.42 Å². The number of pyridine rings is 1. The Morgan fingerprint density at radius 2 is 2.00 bits per heavy atom. The van der Waals surface area contributed by atoms with E-state index in [4.69, 9.17) is 5.11 Å². The highest BCUT2D eigenvalue weighted by Crippen LogP contribution is 2.53. The second-order valence-corrected chi connectivity index (χ2v) is 4.17. The van der Waals surface area contributed by atoms with E-state index in [1.54, 1.807) is 0 Å². The Morgan fingerprint density at radius 1 is 1.35 bits per heavy atom. The summed E-state index contributed by atoms with van der Waals surface area (Å²) in [6.07, 6.45) is -2.79. The van der Waals surface area contributed by atoms with Crippen molar-refractivity contribution in [2.75, 3.05) is 0 Å². The molecule has 2 rings (SSSR count). The van der Waals surface area contributed by atoms with Crippen LogP contribution in [0.2, 0.25) is 0 Å². The van der Waals surface area contributed by atoms with Gasteiger partial charge in [-0.1, -0.05) is 6.42 Å². The highest BCUT2D eigenvalue weighted by Gasteiger charge is 2.60. The lowest BCUT2D eigenvalue weighted by atomic mass is 9.66. The first kappa shape index (κ1) is 11.9. The van der Waals surface area contributed by atoms with E-state index in [9.17, 15) is 18.0 Å². The Kier molecular flexibility index (Phi) is 2.60. The third-order valence-corrected chi connectivity index (χ3v) is 3.25. The maximum atomic E-state index is 12.9. The minimum atomic E-state index is -4.33. The molecule has 0 aromatic carbocycles. The standard InChI is InChI=1S/C11H10F3NO2/c12-11(13,14)10(4-1-5-10)8-3-2-7(6-15-8)9(16)17/h2-3,6H,1,4-5H2,(H,16,17). The zero-order valence-corrected chi connectivity index (χ0v) is 8.79. The van der Waals surface area contributed by atoms with E-state index in [1.807, 2.05) is 0 Å². The molecule has 0 unspecified atom stereocenters. The molecule has 0 spiro atoms. The third-order valence-electron chi connectivity index (χ3n) is 3.25. The molecule has 17 heavy (non-hydrogen) atoms. The number of aromatic carboxylic acids is 1. The van der Waals surface area contributed by atoms with E-state index < -0.39 is 17.6 Å². The molecule has 1 aliphatic rings. The van der Waals surface area contributed by atoms with E-state index in [-0.39, 0.29) is 24.1 Å². The number of hydrogen-bond donors (Lipinski definition) is 1. The van der Waals surface area contributed by atoms with Gasteiger partial charge in [-0.2, -0.15) is 13.2 Å². The summed E-state index contributed by atoms with van der Waals surface area (Å²) in [6.45, 7) is 0. The van der Waals surface area contributed by atoms with Crippen LogP contribution in [-0.2, 0) is 5.41 Å². The zero-order chi connectivity index (χ0) is 12.7. The van der Waals surface area contributed by atoms with Gasteiger partial charge in [0.25, 0.3) is 0 Å². The molecule has 0 amide bonds. The number of rotatable bonds is 2. The van der Waals surface area contributed by atoms with Gasteiger partial charge in [0.2, 0.25) is 0 Å². The summed E-state index contributed by atoms with van der Waals surface area (Å²) in [5.74, 6) is -1.20. The second-order valence-electron chi connectivity index (χ2n) is 4.17. The Labute approximate surface area is 95.3 Å². The molecular weight excluding hydrogens is 235 g/mol. The summed E-state index contributed by atoms with van der Waals surface area (Å²) in [7, 11) is 0. The lowest BCUT2D eigenvalue weighted by molar-refractivity contribution is -0.214. The fraction of sp³-hybridized carbons (Fsp3) is 0.455. The van der Waals surface area contributed by atoms with Crippen molar-refractivity contribution in [2.45, 2.75) is 30.9 Å². The molecule has 1 N–H and O–H groups in total. The maximum Gasteiger partial charge on any atom is 0.399 e. The lowest BCUT2D eigenvalue weighted by Gasteiger charge is -2.42. The van der Waals surface area contributed by atoms with Crippen molar-refractivity contribution in [3.63, 3.8) is 0 Å². The molecule has 1 saturated carbocycles. The van der Waals surface area contributed by atoms with Gasteiger partial charge < -0.3 is 5.11 Å². The first-order chi connectivity index (χ1) is 7.87. The predicted octanol–water partition coefficient (Wildman–Crippen LogP) is 2.76. The van der Waals surface area contributed by atoms with E-state index in [2.05, 4.69) is 4.98 Å². The first-order valence-electron chi connectivity index (χ1n) is 5.13. The van der Waals surface area contributed by atoms with Crippen LogP contribution in [0.3, 0.4) is 0 Å². The van der Waals surface area contributed by atoms with Gasteiger partial charge in [0.05, 0.1) is 11.3 Å². The van der Waals surface area contributed by atoms with Crippen LogP contribution in [0.4, 0.5) is 13.2 Å². The van der Waals surface area contributed by atoms with Gasteiger partial charge in [0, 0.05) is 6.20 Å². The van der Waals surface area contributed by atoms with Crippen LogP contribution in [0, 0.1) is 0 Å². The minimum absolute atomic E-state index is 0.0237. The molecule has 0 radical (unpaired) electrons. The van der Waals surface area contributed by atoms with E-state index >= 15 is 0 Å². The minimum Gasteiger partial charge on any atom is -0.478 e. The van der Waals surface area contributed by atoms with E-state index in [1.165, 1.54) is 0 Å². The van der Waals surface area contributed by atoms with Crippen molar-refractivity contribution in [3.8, 4) is 0 Å². The van der Waals surface area contributed by atoms with Gasteiger partial charge in [-0.25, -0.2) is 4.79 Å².